The van der Waals surface area contributed by atoms with E-state index in [1.54, 1.807) is 13.3 Å². The molecule has 0 aliphatic rings. The largest absolute Gasteiger partial charge is 2.00 e. The molecule has 10 rings (SSSR count). The summed E-state index contributed by atoms with van der Waals surface area (Å²) in [6.45, 7) is 27.8. The van der Waals surface area contributed by atoms with Gasteiger partial charge in [0.2, 0.25) is 0 Å². The molecule has 554 valence electrons. The SMILES string of the molecule is Brc1ccc(N(Cn2nnc3ccccc32)Cn2nnc3ccccc32)cc1.CCCCCN(CCCCC)c1cc[c]([Sn]([CH2]CCC)([CH2]CCC)[CH2]CCC)cc1.CCCCCN(CCCCC)c1ccc(Br)cc1.Nc1ccc(Br)cc1.OCn1nnc2ccccc21.[Br-].[CH2-]CCC.[CH3-].[Li+].[Mg+2]. The molecule has 0 amide bonds. The molecule has 0 unspecified atom stereocenters. The molecule has 0 aliphatic carbocycles. The zero-order valence-electron chi connectivity index (χ0n) is 64.2. The fourth-order valence-electron chi connectivity index (χ4n) is 11.7. The van der Waals surface area contributed by atoms with Crippen LogP contribution in [0, 0.1) is 14.4 Å². The Kier molecular flexibility index (Phi) is 54.7. The molecule has 103 heavy (non-hydrogen) atoms. The van der Waals surface area contributed by atoms with Crippen LogP contribution in [0.2, 0.25) is 13.3 Å². The number of hydrogen-bond donors (Lipinski definition) is 2. The van der Waals surface area contributed by atoms with Gasteiger partial charge in [0.1, 0.15) is 36.6 Å². The van der Waals surface area contributed by atoms with Crippen LogP contribution in [0.1, 0.15) is 184 Å². The number of nitrogens with two attached hydrogens (primary N) is 1. The van der Waals surface area contributed by atoms with Crippen molar-refractivity contribution in [3.05, 3.63) is 198 Å². The topological polar surface area (TPSA) is 148 Å². The number of aliphatic hydroxyl groups is 1. The summed E-state index contributed by atoms with van der Waals surface area (Å²) in [6, 6.07) is 58.1. The summed E-state index contributed by atoms with van der Waals surface area (Å²) in [5.41, 5.74) is 15.5. The van der Waals surface area contributed by atoms with Crippen molar-refractivity contribution >= 4 is 149 Å². The Hall–Kier alpha value is -4.02. The van der Waals surface area contributed by atoms with Crippen LogP contribution < -0.4 is 59.9 Å². The molecule has 3 aromatic heterocycles. The average molecular weight is 1770 g/mol. The molecular weight excluding hydrogens is 1650 g/mol. The molecular formula is C82H120Br4LiMgN13OSn. The number of aromatic nitrogens is 9. The Labute approximate surface area is 689 Å². The molecule has 0 aliphatic heterocycles. The Balaban J connectivity index is 0.000000667. The molecule has 10 aromatic rings. The average Bonchev–Trinajstić information content (AvgIpc) is 1.62. The van der Waals surface area contributed by atoms with E-state index in [0.717, 1.165) is 64.3 Å². The maximum Gasteiger partial charge on any atom is 2.00 e. The molecule has 0 fully saturated rings. The minimum absolute atomic E-state index is 0. The summed E-state index contributed by atoms with van der Waals surface area (Å²) in [7, 11) is 0. The monoisotopic (exact) mass is 1770 g/mol. The zero-order valence-corrected chi connectivity index (χ0v) is 74.8. The van der Waals surface area contributed by atoms with Gasteiger partial charge in [-0.2, -0.15) is 6.42 Å². The zero-order chi connectivity index (χ0) is 71.3. The van der Waals surface area contributed by atoms with Gasteiger partial charge in [-0.25, -0.2) is 14.0 Å². The van der Waals surface area contributed by atoms with E-state index in [9.17, 15) is 0 Å². The van der Waals surface area contributed by atoms with Gasteiger partial charge in [-0.15, -0.1) is 15.3 Å². The number of para-hydroxylation sites is 3. The molecule has 0 saturated heterocycles. The van der Waals surface area contributed by atoms with Crippen LogP contribution in [0.15, 0.2) is 183 Å². The van der Waals surface area contributed by atoms with Gasteiger partial charge in [-0.1, -0.05) is 153 Å². The summed E-state index contributed by atoms with van der Waals surface area (Å²) in [5, 5.41) is 33.6. The van der Waals surface area contributed by atoms with Crippen molar-refractivity contribution in [1.29, 1.82) is 0 Å². The van der Waals surface area contributed by atoms with Gasteiger partial charge in [0, 0.05) is 43.6 Å². The van der Waals surface area contributed by atoms with Crippen LogP contribution in [0.4, 0.5) is 22.7 Å². The van der Waals surface area contributed by atoms with Crippen LogP contribution in [0.25, 0.3) is 33.1 Å². The van der Waals surface area contributed by atoms with Crippen molar-refractivity contribution in [2.75, 3.05) is 46.6 Å². The number of rotatable bonds is 35. The van der Waals surface area contributed by atoms with Crippen molar-refractivity contribution in [1.82, 2.24) is 45.0 Å². The van der Waals surface area contributed by atoms with Crippen molar-refractivity contribution < 1.29 is 40.9 Å². The minimum atomic E-state index is -2.28. The van der Waals surface area contributed by atoms with E-state index in [4.69, 9.17) is 10.8 Å². The summed E-state index contributed by atoms with van der Waals surface area (Å²) in [5.74, 6) is 0. The number of hydrogen-bond acceptors (Lipinski definition) is 11. The number of nitrogens with zero attached hydrogens (tertiary/aromatic N) is 12. The van der Waals surface area contributed by atoms with E-state index in [-0.39, 0.29) is 73.1 Å². The number of fused-ring (bicyclic) bond motifs is 3. The number of aliphatic hydroxyl groups excluding tert-OH is 1. The van der Waals surface area contributed by atoms with Crippen LogP contribution in [0.5, 0.6) is 0 Å². The molecule has 0 atom stereocenters. The van der Waals surface area contributed by atoms with Gasteiger partial charge >= 0.3 is 237 Å². The number of unbranched alkanes of at least 4 members (excludes halogenated alkanes) is 12. The van der Waals surface area contributed by atoms with Crippen molar-refractivity contribution in [2.45, 2.75) is 217 Å². The minimum Gasteiger partial charge on any atom is -1.00 e. The van der Waals surface area contributed by atoms with Crippen LogP contribution >= 0.6 is 47.8 Å². The maximum atomic E-state index is 8.78. The fraction of sp³-hybridized carbons (Fsp3) is 0.463. The van der Waals surface area contributed by atoms with Gasteiger partial charge < -0.3 is 52.0 Å². The quantitative estimate of drug-likeness (QED) is 0.0169. The predicted octanol–water partition coefficient (Wildman–Crippen LogP) is 16.7. The van der Waals surface area contributed by atoms with E-state index in [1.165, 1.54) is 164 Å². The maximum absolute atomic E-state index is 8.78. The molecule has 21 heteroatoms. The van der Waals surface area contributed by atoms with E-state index < -0.39 is 18.4 Å². The predicted molar refractivity (Wildman–Crippen MR) is 450 cm³/mol. The van der Waals surface area contributed by atoms with Gasteiger partial charge in [0.25, 0.3) is 0 Å². The summed E-state index contributed by atoms with van der Waals surface area (Å²) < 4.78 is 15.0. The second-order valence-electron chi connectivity index (χ2n) is 25.5. The van der Waals surface area contributed by atoms with Gasteiger partial charge in [0.15, 0.2) is 0 Å². The standard InChI is InChI=1S/C20H16BrN7.C16H26BrN.C16H26N.C7H7N3O.C6H6BrN.4C4H9.CH3.BrH.Li.Mg.Sn/c21-15-9-11-16(12-10-15)26(13-27-19-7-3-1-5-17(19)22-24-27)14-28-20-8-4-2-6-18(20)23-25-28;1-3-5-7-13-18(14-8-6-4-2)16-11-9-15(17)10-12-16;1-3-5-10-14-17(15-11-6-4-2)16-12-8-7-9-13-16;11-5-10-7-4-2-1-3-6(7)8-9-10;7-5-1-3-6(8)4-2-5;4*1-3-4-2;;;;;/h1-12H,13-14H2;9-12H,3-8,13-14H2,1-2H3;8-9,12-13H,3-6,10-11,14-15H2,1-2H3;1-4,11H,5H2;1-4H,8H2;4*1,3-4H2,2H3;1H3;1H;;;/q;;;;;;;;2*-1;;+1;+2;/p-1. The Morgan fingerprint density at radius 2 is 0.680 bits per heavy atom. The van der Waals surface area contributed by atoms with E-state index >= 15 is 0 Å². The second kappa shape index (κ2) is 58.1. The third kappa shape index (κ3) is 35.3. The van der Waals surface area contributed by atoms with Crippen molar-refractivity contribution in [2.24, 2.45) is 0 Å². The molecule has 0 bridgehead atoms. The molecule has 0 radical (unpaired) electrons. The van der Waals surface area contributed by atoms with Gasteiger partial charge in [0.05, 0.1) is 16.6 Å². The first-order valence-electron chi connectivity index (χ1n) is 37.0. The Bertz CT molecular complexity index is 3540. The number of nitrogen functional groups attached to an aromatic ring is 1. The Morgan fingerprint density at radius 1 is 0.398 bits per heavy atom. The normalized spacial score (nSPS) is 10.5. The summed E-state index contributed by atoms with van der Waals surface area (Å²) >= 11 is 8.02. The molecule has 0 saturated carbocycles. The van der Waals surface area contributed by atoms with Crippen LogP contribution in [-0.2, 0) is 20.1 Å². The molecule has 0 spiro atoms. The second-order valence-corrected chi connectivity index (χ2v) is 41.5. The first kappa shape index (κ1) is 97.0. The third-order valence-corrected chi connectivity index (χ3v) is 34.9. The smallest absolute Gasteiger partial charge is 1.00 e. The summed E-state index contributed by atoms with van der Waals surface area (Å²) in [6.07, 6.45) is 26.6. The van der Waals surface area contributed by atoms with Crippen LogP contribution in [0.3, 0.4) is 0 Å². The molecule has 7 aromatic carbocycles. The molecule has 3 N–H and O–H groups in total. The molecule has 3 heterocycles. The van der Waals surface area contributed by atoms with E-state index in [0.29, 0.717) is 13.3 Å². The van der Waals surface area contributed by atoms with Gasteiger partial charge in [-0.3, -0.25) is 0 Å². The fourth-order valence-corrected chi connectivity index (χ4v) is 28.4. The first-order valence-corrected chi connectivity index (χ1v) is 46.8. The van der Waals surface area contributed by atoms with Crippen molar-refractivity contribution in [3.63, 3.8) is 0 Å². The number of halogens is 4. The molecule has 14 nitrogen and oxygen atoms in total. The Morgan fingerprint density at radius 3 is 0.981 bits per heavy atom. The van der Waals surface area contributed by atoms with E-state index in [2.05, 4.69) is 216 Å². The first-order chi connectivity index (χ1) is 48.3. The number of benzene rings is 7. The number of anilines is 4. The van der Waals surface area contributed by atoms with Crippen LogP contribution in [-0.4, -0.2) is 118 Å². The van der Waals surface area contributed by atoms with E-state index in [1.807, 2.05) is 122 Å². The van der Waals surface area contributed by atoms with Gasteiger partial charge in [-0.05, 0) is 122 Å². The van der Waals surface area contributed by atoms with Crippen molar-refractivity contribution in [3.8, 4) is 0 Å². The summed E-state index contributed by atoms with van der Waals surface area (Å²) in [4.78, 5) is 7.41. The third-order valence-electron chi connectivity index (χ3n) is 17.6.